The van der Waals surface area contributed by atoms with Crippen molar-refractivity contribution in [3.05, 3.63) is 65.2 Å². The molecule has 5 nitrogen and oxygen atoms in total. The number of nitrogens with zero attached hydrogens (tertiary/aromatic N) is 2. The highest BCUT2D eigenvalue weighted by Gasteiger charge is 2.18. The van der Waals surface area contributed by atoms with Crippen molar-refractivity contribution in [1.82, 2.24) is 4.90 Å². The molecule has 5 heteroatoms. The third-order valence-corrected chi connectivity index (χ3v) is 5.29. The Hall–Kier alpha value is -2.97. The van der Waals surface area contributed by atoms with Gasteiger partial charge in [0, 0.05) is 0 Å². The van der Waals surface area contributed by atoms with Crippen molar-refractivity contribution in [3.8, 4) is 11.8 Å². The molecule has 1 saturated heterocycles. The second-order valence-corrected chi connectivity index (χ2v) is 8.71. The zero-order valence-electron chi connectivity index (χ0n) is 20.3. The summed E-state index contributed by atoms with van der Waals surface area (Å²) in [5.41, 5.74) is 4.41. The van der Waals surface area contributed by atoms with Gasteiger partial charge in [-0.1, -0.05) is 62.7 Å². The first-order chi connectivity index (χ1) is 15.3. The normalized spacial score (nSPS) is 13.6. The van der Waals surface area contributed by atoms with Crippen LogP contribution in [0.3, 0.4) is 0 Å². The smallest absolute Gasteiger partial charge is 0.174 e. The fourth-order valence-electron chi connectivity index (χ4n) is 3.35. The van der Waals surface area contributed by atoms with Crippen LogP contribution in [0.5, 0.6) is 5.75 Å². The number of piperidine rings is 1. The lowest BCUT2D eigenvalue weighted by atomic mass is 9.87. The van der Waals surface area contributed by atoms with Gasteiger partial charge in [-0.05, 0) is 74.5 Å². The highest BCUT2D eigenvalue weighted by atomic mass is 16.5. The predicted molar refractivity (Wildman–Crippen MR) is 131 cm³/mol. The van der Waals surface area contributed by atoms with Gasteiger partial charge in [0.25, 0.3) is 0 Å². The molecule has 0 spiro atoms. The summed E-state index contributed by atoms with van der Waals surface area (Å²) in [7, 11) is 2.18. The summed E-state index contributed by atoms with van der Waals surface area (Å²) in [6, 6.07) is 18.9. The molecule has 0 amide bonds. The predicted octanol–water partition coefficient (Wildman–Crippen LogP) is 5.32. The van der Waals surface area contributed by atoms with Crippen LogP contribution >= 0.6 is 0 Å². The Morgan fingerprint density at radius 2 is 1.47 bits per heavy atom. The van der Waals surface area contributed by atoms with Gasteiger partial charge in [-0.2, -0.15) is 5.26 Å². The highest BCUT2D eigenvalue weighted by Crippen LogP contribution is 2.28. The summed E-state index contributed by atoms with van der Waals surface area (Å²) in [6.45, 7) is 15.3. The lowest BCUT2D eigenvalue weighted by Gasteiger charge is -2.29. The van der Waals surface area contributed by atoms with E-state index in [-0.39, 0.29) is 12.0 Å². The molecule has 0 radical (unpaired) electrons. The van der Waals surface area contributed by atoms with Crippen LogP contribution in [-0.4, -0.2) is 45.2 Å². The van der Waals surface area contributed by atoms with E-state index >= 15 is 0 Å². The lowest BCUT2D eigenvalue weighted by molar-refractivity contribution is -0.0987. The summed E-state index contributed by atoms with van der Waals surface area (Å²) in [6.07, 6.45) is 2.46. The van der Waals surface area contributed by atoms with Crippen molar-refractivity contribution >= 4 is 13.6 Å². The first-order valence-corrected chi connectivity index (χ1v) is 10.7. The molecule has 1 heterocycles. The number of nitriles is 1. The van der Waals surface area contributed by atoms with Gasteiger partial charge in [-0.15, -0.1) is 0 Å². The molecule has 0 bridgehead atoms. The van der Waals surface area contributed by atoms with Crippen LogP contribution in [-0.2, 0) is 15.0 Å². The van der Waals surface area contributed by atoms with E-state index in [4.69, 9.17) is 19.6 Å². The fraction of sp³-hybridized carbons (Fsp3) is 0.444. The minimum Gasteiger partial charge on any atom is -0.479 e. The van der Waals surface area contributed by atoms with E-state index in [0.717, 1.165) is 5.75 Å². The molecule has 32 heavy (non-hydrogen) atoms. The van der Waals surface area contributed by atoms with Gasteiger partial charge in [-0.3, -0.25) is 0 Å². The Balaban J connectivity index is 0.000000555. The Bertz CT molecular complexity index is 780. The maximum Gasteiger partial charge on any atom is 0.174 e. The molecule has 1 aliphatic heterocycles. The standard InChI is InChI=1S/C14H18N2O.C11H16.2CH2O/c1-16-9-6-13(7-10-16)12-2-4-14(5-3-12)17-11-8-15;1-9-5-7-10(8-6-9)11(2,3)4;2*1-2/h2-5,13H,6-7,9-11H2,1H3;5-8H,1-4H3;2*1H2. The van der Waals surface area contributed by atoms with Gasteiger partial charge in [-0.25, -0.2) is 0 Å². The maximum atomic E-state index is 8.43. The number of benzene rings is 2. The molecule has 0 saturated carbocycles. The SMILES string of the molecule is C=O.C=O.CN1CCC(c2ccc(OCC#N)cc2)CC1.Cc1ccc(C(C)(C)C)cc1. The Morgan fingerprint density at radius 3 is 1.91 bits per heavy atom. The molecule has 3 rings (SSSR count). The van der Waals surface area contributed by atoms with E-state index in [2.05, 4.69) is 76.0 Å². The monoisotopic (exact) mass is 438 g/mol. The van der Waals surface area contributed by atoms with E-state index in [1.54, 1.807) is 0 Å². The Kier molecular flexibility index (Phi) is 14.3. The van der Waals surface area contributed by atoms with Crippen LogP contribution in [0.25, 0.3) is 0 Å². The molecule has 174 valence electrons. The second-order valence-electron chi connectivity index (χ2n) is 8.71. The van der Waals surface area contributed by atoms with Crippen molar-refractivity contribution in [2.24, 2.45) is 0 Å². The van der Waals surface area contributed by atoms with Gasteiger partial charge < -0.3 is 19.2 Å². The molecule has 2 aromatic carbocycles. The molecular weight excluding hydrogens is 400 g/mol. The van der Waals surface area contributed by atoms with Crippen molar-refractivity contribution in [3.63, 3.8) is 0 Å². The van der Waals surface area contributed by atoms with E-state index in [9.17, 15) is 0 Å². The number of likely N-dealkylation sites (tertiary alicyclic amines) is 1. The summed E-state index contributed by atoms with van der Waals surface area (Å²) >= 11 is 0. The Labute approximate surface area is 194 Å². The number of carbonyl (C=O) groups excluding carboxylic acids is 2. The first-order valence-electron chi connectivity index (χ1n) is 10.7. The largest absolute Gasteiger partial charge is 0.479 e. The molecule has 0 N–H and O–H groups in total. The van der Waals surface area contributed by atoms with Crippen LogP contribution < -0.4 is 4.74 Å². The molecule has 2 aromatic rings. The number of hydrogen-bond acceptors (Lipinski definition) is 5. The topological polar surface area (TPSA) is 70.4 Å². The third-order valence-electron chi connectivity index (χ3n) is 5.29. The highest BCUT2D eigenvalue weighted by molar-refractivity contribution is 5.30. The summed E-state index contributed by atoms with van der Waals surface area (Å²) in [5.74, 6) is 1.46. The molecular formula is C27H38N2O3. The quantitative estimate of drug-likeness (QED) is 0.648. The number of ether oxygens (including phenoxy) is 1. The van der Waals surface area contributed by atoms with Crippen LogP contribution in [0.2, 0.25) is 0 Å². The van der Waals surface area contributed by atoms with E-state index in [1.165, 1.54) is 42.6 Å². The zero-order valence-corrected chi connectivity index (χ0v) is 20.3. The second kappa shape index (κ2) is 15.8. The first kappa shape index (κ1) is 29.0. The van der Waals surface area contributed by atoms with Crippen molar-refractivity contribution in [1.29, 1.82) is 5.26 Å². The average molecular weight is 439 g/mol. The Morgan fingerprint density at radius 1 is 0.969 bits per heavy atom. The van der Waals surface area contributed by atoms with Crippen molar-refractivity contribution in [2.75, 3.05) is 26.7 Å². The molecule has 0 aliphatic carbocycles. The fourth-order valence-corrected chi connectivity index (χ4v) is 3.35. The maximum absolute atomic E-state index is 8.43. The number of hydrogen-bond donors (Lipinski definition) is 0. The van der Waals surface area contributed by atoms with Crippen molar-refractivity contribution < 1.29 is 14.3 Å². The minimum absolute atomic E-state index is 0.119. The molecule has 0 aromatic heterocycles. The molecule has 1 aliphatic rings. The van der Waals surface area contributed by atoms with Gasteiger partial charge in [0.05, 0.1) is 0 Å². The van der Waals surface area contributed by atoms with Crippen LogP contribution in [0, 0.1) is 18.3 Å². The zero-order chi connectivity index (χ0) is 24.6. The minimum atomic E-state index is 0.119. The third kappa shape index (κ3) is 10.9. The lowest BCUT2D eigenvalue weighted by Crippen LogP contribution is -2.29. The molecule has 0 atom stereocenters. The number of aryl methyl sites for hydroxylation is 1. The average Bonchev–Trinajstić information content (AvgIpc) is 2.81. The number of rotatable bonds is 3. The van der Waals surface area contributed by atoms with Gasteiger partial charge >= 0.3 is 0 Å². The van der Waals surface area contributed by atoms with Crippen LogP contribution in [0.1, 0.15) is 56.2 Å². The summed E-state index contributed by atoms with van der Waals surface area (Å²) in [5, 5.41) is 8.43. The van der Waals surface area contributed by atoms with Crippen molar-refractivity contribution in [2.45, 2.75) is 51.9 Å². The molecule has 0 unspecified atom stereocenters. The van der Waals surface area contributed by atoms with Crippen LogP contribution in [0.4, 0.5) is 0 Å². The van der Waals surface area contributed by atoms with E-state index in [0.29, 0.717) is 5.92 Å². The number of carbonyl (C=O) groups is 2. The summed E-state index contributed by atoms with van der Waals surface area (Å²) < 4.78 is 5.25. The van der Waals surface area contributed by atoms with Gasteiger partial charge in [0.2, 0.25) is 0 Å². The van der Waals surface area contributed by atoms with E-state index in [1.807, 2.05) is 31.8 Å². The summed E-state index contributed by atoms with van der Waals surface area (Å²) in [4.78, 5) is 18.4. The molecule has 1 fully saturated rings. The van der Waals surface area contributed by atoms with Crippen LogP contribution in [0.15, 0.2) is 48.5 Å². The van der Waals surface area contributed by atoms with Gasteiger partial charge in [0.1, 0.15) is 25.4 Å². The van der Waals surface area contributed by atoms with E-state index < -0.39 is 0 Å². The van der Waals surface area contributed by atoms with Gasteiger partial charge in [0.15, 0.2) is 6.61 Å².